The van der Waals surface area contributed by atoms with E-state index in [0.29, 0.717) is 12.1 Å². The van der Waals surface area contributed by atoms with Crippen LogP contribution in [0.3, 0.4) is 0 Å². The lowest BCUT2D eigenvalue weighted by Gasteiger charge is -2.25. The number of hydrogen-bond donors (Lipinski definition) is 1. The van der Waals surface area contributed by atoms with Crippen LogP contribution in [-0.2, 0) is 6.42 Å². The van der Waals surface area contributed by atoms with E-state index in [1.807, 2.05) is 12.1 Å². The van der Waals surface area contributed by atoms with Gasteiger partial charge < -0.3 is 5.32 Å². The Morgan fingerprint density at radius 3 is 3.00 bits per heavy atom. The molecule has 19 heavy (non-hydrogen) atoms. The first-order chi connectivity index (χ1) is 9.24. The van der Waals surface area contributed by atoms with Gasteiger partial charge in [0, 0.05) is 29.7 Å². The van der Waals surface area contributed by atoms with Gasteiger partial charge in [0.05, 0.1) is 0 Å². The van der Waals surface area contributed by atoms with Gasteiger partial charge in [0.2, 0.25) is 0 Å². The van der Waals surface area contributed by atoms with E-state index in [-0.39, 0.29) is 0 Å². The van der Waals surface area contributed by atoms with Gasteiger partial charge in [0.15, 0.2) is 0 Å². The summed E-state index contributed by atoms with van der Waals surface area (Å²) in [6.45, 7) is 4.86. The molecular formula is C16H23ClN2. The Morgan fingerprint density at radius 2 is 2.16 bits per heavy atom. The number of halogens is 1. The second kappa shape index (κ2) is 5.82. The first kappa shape index (κ1) is 13.4. The molecule has 2 saturated heterocycles. The van der Waals surface area contributed by atoms with Gasteiger partial charge >= 0.3 is 0 Å². The van der Waals surface area contributed by atoms with Crippen molar-refractivity contribution >= 4 is 11.6 Å². The number of rotatable bonds is 4. The minimum atomic E-state index is 0.491. The molecule has 0 radical (unpaired) electrons. The van der Waals surface area contributed by atoms with Crippen LogP contribution in [-0.4, -0.2) is 36.1 Å². The number of nitrogens with one attached hydrogen (secondary N) is 1. The van der Waals surface area contributed by atoms with E-state index < -0.39 is 0 Å². The predicted molar refractivity (Wildman–Crippen MR) is 80.8 cm³/mol. The molecule has 2 heterocycles. The zero-order valence-electron chi connectivity index (χ0n) is 11.6. The highest BCUT2D eigenvalue weighted by atomic mass is 35.5. The van der Waals surface area contributed by atoms with Crippen LogP contribution in [0.15, 0.2) is 24.3 Å². The van der Waals surface area contributed by atoms with Crippen molar-refractivity contribution in [2.45, 2.75) is 50.7 Å². The van der Waals surface area contributed by atoms with Gasteiger partial charge in [-0.25, -0.2) is 0 Å². The zero-order chi connectivity index (χ0) is 13.2. The van der Waals surface area contributed by atoms with Gasteiger partial charge in [-0.3, -0.25) is 4.90 Å². The van der Waals surface area contributed by atoms with E-state index in [0.717, 1.165) is 17.5 Å². The highest BCUT2D eigenvalue weighted by Crippen LogP contribution is 2.28. The Balaban J connectivity index is 1.57. The van der Waals surface area contributed by atoms with Crippen LogP contribution in [0.2, 0.25) is 5.02 Å². The maximum atomic E-state index is 6.24. The smallest absolute Gasteiger partial charge is 0.0438 e. The van der Waals surface area contributed by atoms with Crippen LogP contribution in [0.4, 0.5) is 0 Å². The Morgan fingerprint density at radius 1 is 1.32 bits per heavy atom. The number of fused-ring (bicyclic) bond motifs is 1. The number of benzene rings is 1. The van der Waals surface area contributed by atoms with Gasteiger partial charge in [-0.15, -0.1) is 0 Å². The number of hydrogen-bond acceptors (Lipinski definition) is 2. The second-order valence-corrected chi connectivity index (χ2v) is 6.41. The summed E-state index contributed by atoms with van der Waals surface area (Å²) >= 11 is 6.24. The molecule has 2 aliphatic heterocycles. The lowest BCUT2D eigenvalue weighted by molar-refractivity contribution is 0.290. The third-order valence-electron chi connectivity index (χ3n) is 4.59. The van der Waals surface area contributed by atoms with Crippen LogP contribution in [0.25, 0.3) is 0 Å². The lowest BCUT2D eigenvalue weighted by atomic mass is 10.0. The van der Waals surface area contributed by atoms with E-state index >= 15 is 0 Å². The molecule has 0 amide bonds. The fraction of sp³-hybridized carbons (Fsp3) is 0.625. The summed E-state index contributed by atoms with van der Waals surface area (Å²) in [5.74, 6) is 0. The van der Waals surface area contributed by atoms with Crippen molar-refractivity contribution in [3.05, 3.63) is 34.9 Å². The van der Waals surface area contributed by atoms with Crippen LogP contribution in [0.5, 0.6) is 0 Å². The fourth-order valence-corrected chi connectivity index (χ4v) is 3.91. The Hall–Kier alpha value is -0.570. The van der Waals surface area contributed by atoms with Crippen LogP contribution < -0.4 is 5.32 Å². The fourth-order valence-electron chi connectivity index (χ4n) is 3.70. The molecule has 1 N–H and O–H groups in total. The van der Waals surface area contributed by atoms with E-state index in [2.05, 4.69) is 29.3 Å². The molecule has 3 rings (SSSR count). The van der Waals surface area contributed by atoms with Gasteiger partial charge in [-0.2, -0.15) is 0 Å². The molecule has 104 valence electrons. The first-order valence-corrected chi connectivity index (χ1v) is 7.85. The molecule has 0 aliphatic carbocycles. The third kappa shape index (κ3) is 2.96. The van der Waals surface area contributed by atoms with Crippen molar-refractivity contribution in [3.63, 3.8) is 0 Å². The summed E-state index contributed by atoms with van der Waals surface area (Å²) in [6.07, 6.45) is 5.07. The van der Waals surface area contributed by atoms with E-state index in [1.165, 1.54) is 37.9 Å². The Kier molecular flexibility index (Phi) is 4.11. The summed E-state index contributed by atoms with van der Waals surface area (Å²) in [4.78, 5) is 2.65. The normalized spacial score (nSPS) is 28.5. The molecule has 2 aliphatic rings. The topological polar surface area (TPSA) is 15.3 Å². The van der Waals surface area contributed by atoms with E-state index in [4.69, 9.17) is 11.6 Å². The van der Waals surface area contributed by atoms with E-state index in [1.54, 1.807) is 0 Å². The average molecular weight is 279 g/mol. The molecule has 2 nitrogen and oxygen atoms in total. The molecule has 3 unspecified atom stereocenters. The maximum absolute atomic E-state index is 6.24. The van der Waals surface area contributed by atoms with Crippen LogP contribution >= 0.6 is 11.6 Å². The van der Waals surface area contributed by atoms with Crippen molar-refractivity contribution in [1.82, 2.24) is 10.2 Å². The second-order valence-electron chi connectivity index (χ2n) is 6.00. The Bertz CT molecular complexity index is 435. The zero-order valence-corrected chi connectivity index (χ0v) is 12.4. The maximum Gasteiger partial charge on any atom is 0.0438 e. The lowest BCUT2D eigenvalue weighted by Crippen LogP contribution is -2.44. The summed E-state index contributed by atoms with van der Waals surface area (Å²) in [5.41, 5.74) is 1.26. The summed E-state index contributed by atoms with van der Waals surface area (Å²) in [5, 5.41) is 4.72. The molecular weight excluding hydrogens is 256 g/mol. The van der Waals surface area contributed by atoms with Crippen molar-refractivity contribution in [2.75, 3.05) is 13.1 Å². The summed E-state index contributed by atoms with van der Waals surface area (Å²) in [6, 6.07) is 10.1. The molecule has 0 saturated carbocycles. The van der Waals surface area contributed by atoms with Crippen molar-refractivity contribution in [2.24, 2.45) is 0 Å². The standard InChI is InChI=1S/C16H23ClN2/c1-12(11-13-5-2-3-6-14(13)17)18-15-8-10-19-9-4-7-16(15)19/h2-3,5-6,12,15-16,18H,4,7-11H2,1H3. The predicted octanol–water partition coefficient (Wildman–Crippen LogP) is 3.10. The first-order valence-electron chi connectivity index (χ1n) is 7.47. The minimum Gasteiger partial charge on any atom is -0.310 e. The summed E-state index contributed by atoms with van der Waals surface area (Å²) < 4.78 is 0. The van der Waals surface area contributed by atoms with Crippen molar-refractivity contribution < 1.29 is 0 Å². The minimum absolute atomic E-state index is 0.491. The summed E-state index contributed by atoms with van der Waals surface area (Å²) in [7, 11) is 0. The SMILES string of the molecule is CC(Cc1ccccc1Cl)NC1CCN2CCCC12. The highest BCUT2D eigenvalue weighted by molar-refractivity contribution is 6.31. The van der Waals surface area contributed by atoms with Gasteiger partial charge in [-0.1, -0.05) is 29.8 Å². The molecule has 1 aromatic carbocycles. The van der Waals surface area contributed by atoms with Gasteiger partial charge in [0.25, 0.3) is 0 Å². The molecule has 1 aromatic rings. The largest absolute Gasteiger partial charge is 0.310 e. The molecule has 3 atom stereocenters. The van der Waals surface area contributed by atoms with Crippen LogP contribution in [0.1, 0.15) is 31.7 Å². The number of nitrogens with zero attached hydrogens (tertiary/aromatic N) is 1. The van der Waals surface area contributed by atoms with Crippen LogP contribution in [0, 0.1) is 0 Å². The molecule has 2 fully saturated rings. The monoisotopic (exact) mass is 278 g/mol. The Labute approximate surface area is 121 Å². The van der Waals surface area contributed by atoms with Gasteiger partial charge in [0.1, 0.15) is 0 Å². The highest BCUT2D eigenvalue weighted by Gasteiger charge is 2.37. The molecule has 0 spiro atoms. The quantitative estimate of drug-likeness (QED) is 0.910. The average Bonchev–Trinajstić information content (AvgIpc) is 2.97. The van der Waals surface area contributed by atoms with Crippen molar-refractivity contribution in [3.8, 4) is 0 Å². The van der Waals surface area contributed by atoms with Gasteiger partial charge in [-0.05, 0) is 50.8 Å². The molecule has 0 aromatic heterocycles. The van der Waals surface area contributed by atoms with Crippen molar-refractivity contribution in [1.29, 1.82) is 0 Å². The molecule has 0 bridgehead atoms. The van der Waals surface area contributed by atoms with E-state index in [9.17, 15) is 0 Å². The third-order valence-corrected chi connectivity index (χ3v) is 4.96. The molecule has 3 heteroatoms.